The second-order valence-electron chi connectivity index (χ2n) is 1.61. The molecule has 0 heterocycles. The lowest BCUT2D eigenvalue weighted by Gasteiger charge is -1.95. The summed E-state index contributed by atoms with van der Waals surface area (Å²) in [6.45, 7) is 0. The van der Waals surface area contributed by atoms with Gasteiger partial charge in [-0.1, -0.05) is 5.16 Å². The van der Waals surface area contributed by atoms with Gasteiger partial charge in [-0.3, -0.25) is 0 Å². The van der Waals surface area contributed by atoms with Gasteiger partial charge in [0.1, 0.15) is 11.7 Å². The zero-order valence-corrected chi connectivity index (χ0v) is 7.61. The van der Waals surface area contributed by atoms with E-state index in [4.69, 9.17) is 17.3 Å². The molecule has 0 aromatic rings. The molecule has 0 saturated carbocycles. The van der Waals surface area contributed by atoms with E-state index in [2.05, 4.69) is 9.99 Å². The Balaban J connectivity index is 3.63. The Kier molecular flexibility index (Phi) is 6.06. The van der Waals surface area contributed by atoms with Crippen molar-refractivity contribution in [2.45, 2.75) is 0 Å². The Labute approximate surface area is 74.1 Å². The monoisotopic (exact) mass is 196 g/mol. The summed E-state index contributed by atoms with van der Waals surface area (Å²) in [5.41, 5.74) is 5.30. The first kappa shape index (κ1) is 10.6. The molecule has 6 heteroatoms. The molecule has 0 rings (SSSR count). The van der Waals surface area contributed by atoms with Gasteiger partial charge in [-0.25, -0.2) is 4.79 Å². The number of nitrogens with zero attached hydrogens (tertiary/aromatic N) is 1. The molecule has 0 radical (unpaired) electrons. The molecule has 0 aliphatic carbocycles. The summed E-state index contributed by atoms with van der Waals surface area (Å²) in [6.07, 6.45) is 1.87. The van der Waals surface area contributed by atoms with E-state index in [0.717, 1.165) is 0 Å². The summed E-state index contributed by atoms with van der Waals surface area (Å²) in [5, 5.41) is 3.32. The highest BCUT2D eigenvalue weighted by atomic mass is 35.5. The molecule has 0 atom stereocenters. The van der Waals surface area contributed by atoms with Crippen LogP contribution in [0.15, 0.2) is 5.16 Å². The molecular weight excluding hydrogens is 188 g/mol. The third-order valence-corrected chi connectivity index (χ3v) is 1.47. The molecule has 0 bridgehead atoms. The minimum atomic E-state index is -0.601. The van der Waals surface area contributed by atoms with Gasteiger partial charge in [-0.05, 0) is 6.26 Å². The van der Waals surface area contributed by atoms with Gasteiger partial charge in [0.2, 0.25) is 0 Å². The summed E-state index contributed by atoms with van der Waals surface area (Å²) in [6, 6.07) is 0. The number of hydrogen-bond donors (Lipinski definition) is 1. The fourth-order valence-electron chi connectivity index (χ4n) is 0.308. The molecule has 0 aromatic carbocycles. The molecule has 0 amide bonds. The molecule has 0 unspecified atom stereocenters. The van der Waals surface area contributed by atoms with Crippen LogP contribution in [0.25, 0.3) is 0 Å². The molecule has 64 valence electrons. The van der Waals surface area contributed by atoms with Crippen molar-refractivity contribution in [1.82, 2.24) is 0 Å². The van der Waals surface area contributed by atoms with Crippen molar-refractivity contribution in [3.63, 3.8) is 0 Å². The molecule has 11 heavy (non-hydrogen) atoms. The molecule has 0 aromatic heterocycles. The minimum absolute atomic E-state index is 0.212. The average Bonchev–Trinajstić information content (AvgIpc) is 2.01. The summed E-state index contributed by atoms with van der Waals surface area (Å²) >= 11 is 6.61. The quantitative estimate of drug-likeness (QED) is 0.233. The van der Waals surface area contributed by atoms with E-state index in [9.17, 15) is 4.79 Å². The first-order valence-corrected chi connectivity index (χ1v) is 4.70. The third-order valence-electron chi connectivity index (χ3n) is 0.666. The second-order valence-corrected chi connectivity index (χ2v) is 2.75. The lowest BCUT2D eigenvalue weighted by Crippen LogP contribution is -2.16. The average molecular weight is 197 g/mol. The standard InChI is InChI=1S/C5H9ClN2O2S/c1-11-3-4(7)8-10-5(9)2-6/h2-3H2,1H3,(H2,7,8). The maximum Gasteiger partial charge on any atom is 0.349 e. The van der Waals surface area contributed by atoms with Gasteiger partial charge in [0.15, 0.2) is 0 Å². The highest BCUT2D eigenvalue weighted by molar-refractivity contribution is 7.99. The van der Waals surface area contributed by atoms with Gasteiger partial charge in [-0.15, -0.1) is 11.6 Å². The van der Waals surface area contributed by atoms with Crippen LogP contribution in [0.4, 0.5) is 0 Å². The Morgan fingerprint density at radius 1 is 1.82 bits per heavy atom. The van der Waals surface area contributed by atoms with E-state index in [-0.39, 0.29) is 11.7 Å². The van der Waals surface area contributed by atoms with Gasteiger partial charge >= 0.3 is 5.97 Å². The number of oxime groups is 1. The molecule has 4 nitrogen and oxygen atoms in total. The molecule has 0 aliphatic heterocycles. The summed E-state index contributed by atoms with van der Waals surface area (Å²) in [7, 11) is 0. The van der Waals surface area contributed by atoms with Crippen molar-refractivity contribution in [2.75, 3.05) is 17.9 Å². The maximum absolute atomic E-state index is 10.4. The van der Waals surface area contributed by atoms with E-state index < -0.39 is 5.97 Å². The molecular formula is C5H9ClN2O2S. The van der Waals surface area contributed by atoms with Crippen LogP contribution in [0.1, 0.15) is 0 Å². The molecule has 0 spiro atoms. The van der Waals surface area contributed by atoms with Crippen molar-refractivity contribution in [2.24, 2.45) is 10.9 Å². The molecule has 2 N–H and O–H groups in total. The largest absolute Gasteiger partial charge is 0.384 e. The van der Waals surface area contributed by atoms with Gasteiger partial charge in [-0.2, -0.15) is 11.8 Å². The summed E-state index contributed by atoms with van der Waals surface area (Å²) < 4.78 is 0. The number of carbonyl (C=O) groups is 1. The van der Waals surface area contributed by atoms with Gasteiger partial charge in [0, 0.05) is 0 Å². The van der Waals surface area contributed by atoms with Crippen molar-refractivity contribution in [1.29, 1.82) is 0 Å². The van der Waals surface area contributed by atoms with E-state index in [1.165, 1.54) is 11.8 Å². The fourth-order valence-corrected chi connectivity index (χ4v) is 0.705. The SMILES string of the molecule is CSC/C(N)=N/OC(=O)CCl. The van der Waals surface area contributed by atoms with Crippen LogP contribution in [0.5, 0.6) is 0 Å². The number of carbonyl (C=O) groups excluding carboxylic acids is 1. The highest BCUT2D eigenvalue weighted by Gasteiger charge is 1.98. The topological polar surface area (TPSA) is 64.7 Å². The van der Waals surface area contributed by atoms with E-state index in [1.54, 1.807) is 0 Å². The van der Waals surface area contributed by atoms with Crippen molar-refractivity contribution in [3.8, 4) is 0 Å². The summed E-state index contributed by atoms with van der Waals surface area (Å²) in [5.74, 6) is -0.00213. The Bertz CT molecular complexity index is 163. The lowest BCUT2D eigenvalue weighted by molar-refractivity contribution is -0.140. The first-order valence-electron chi connectivity index (χ1n) is 2.77. The van der Waals surface area contributed by atoms with Crippen LogP contribution in [-0.2, 0) is 9.63 Å². The summed E-state index contributed by atoms with van der Waals surface area (Å²) in [4.78, 5) is 14.7. The lowest BCUT2D eigenvalue weighted by atomic mass is 10.7. The van der Waals surface area contributed by atoms with Crippen LogP contribution in [-0.4, -0.2) is 29.7 Å². The van der Waals surface area contributed by atoms with Crippen LogP contribution >= 0.6 is 23.4 Å². The third kappa shape index (κ3) is 6.00. The van der Waals surface area contributed by atoms with Crippen LogP contribution in [0.3, 0.4) is 0 Å². The van der Waals surface area contributed by atoms with Crippen molar-refractivity contribution in [3.05, 3.63) is 0 Å². The number of alkyl halides is 1. The number of rotatable bonds is 4. The van der Waals surface area contributed by atoms with Crippen LogP contribution < -0.4 is 5.73 Å². The van der Waals surface area contributed by atoms with Crippen LogP contribution in [0, 0.1) is 0 Å². The first-order chi connectivity index (χ1) is 5.20. The van der Waals surface area contributed by atoms with E-state index in [0.29, 0.717) is 5.75 Å². The number of thioether (sulfide) groups is 1. The molecule has 0 saturated heterocycles. The number of amidine groups is 1. The molecule has 0 fully saturated rings. The number of nitrogens with two attached hydrogens (primary N) is 1. The number of hydrogen-bond acceptors (Lipinski definition) is 4. The predicted molar refractivity (Wildman–Crippen MR) is 46.8 cm³/mol. The normalized spacial score (nSPS) is 11.3. The maximum atomic E-state index is 10.4. The Morgan fingerprint density at radius 3 is 2.91 bits per heavy atom. The van der Waals surface area contributed by atoms with Crippen molar-refractivity contribution < 1.29 is 9.63 Å². The van der Waals surface area contributed by atoms with Crippen molar-refractivity contribution >= 4 is 35.2 Å². The van der Waals surface area contributed by atoms with Gasteiger partial charge in [0.05, 0.1) is 5.75 Å². The Hall–Kier alpha value is -0.420. The van der Waals surface area contributed by atoms with Crippen LogP contribution in [0.2, 0.25) is 0 Å². The minimum Gasteiger partial charge on any atom is -0.384 e. The van der Waals surface area contributed by atoms with Gasteiger partial charge in [0.25, 0.3) is 0 Å². The predicted octanol–water partition coefficient (Wildman–Crippen LogP) is 0.404. The van der Waals surface area contributed by atoms with E-state index >= 15 is 0 Å². The molecule has 0 aliphatic rings. The van der Waals surface area contributed by atoms with Gasteiger partial charge < -0.3 is 10.6 Å². The zero-order valence-electron chi connectivity index (χ0n) is 6.04. The smallest absolute Gasteiger partial charge is 0.349 e. The highest BCUT2D eigenvalue weighted by Crippen LogP contribution is 1.91. The van der Waals surface area contributed by atoms with E-state index in [1.807, 2.05) is 6.26 Å². The zero-order chi connectivity index (χ0) is 8.69. The number of halogens is 1. The second kappa shape index (κ2) is 6.30. The Morgan fingerprint density at radius 2 is 2.45 bits per heavy atom. The fraction of sp³-hybridized carbons (Fsp3) is 0.600.